The summed E-state index contributed by atoms with van der Waals surface area (Å²) in [4.78, 5) is 14.6. The Balaban J connectivity index is 1.84. The summed E-state index contributed by atoms with van der Waals surface area (Å²) in [6.45, 7) is 2.28. The Labute approximate surface area is 152 Å². The smallest absolute Gasteiger partial charge is 0.257 e. The number of nitrogens with two attached hydrogens (primary N) is 1. The second-order valence-electron chi connectivity index (χ2n) is 6.72. The lowest BCUT2D eigenvalue weighted by atomic mass is 9.93. The molecule has 1 atom stereocenters. The molecule has 0 aliphatic carbocycles. The number of amides is 1. The maximum absolute atomic E-state index is 13.1. The van der Waals surface area contributed by atoms with Gasteiger partial charge in [-0.1, -0.05) is 60.2 Å². The van der Waals surface area contributed by atoms with Crippen molar-refractivity contribution in [3.05, 3.63) is 101 Å². The van der Waals surface area contributed by atoms with E-state index in [1.165, 1.54) is 4.90 Å². The Morgan fingerprint density at radius 2 is 1.62 bits per heavy atom. The zero-order valence-electron chi connectivity index (χ0n) is 14.5. The van der Waals surface area contributed by atoms with Crippen LogP contribution in [0.2, 0.25) is 0 Å². The molecule has 1 aliphatic heterocycles. The number of nitrogens with zero attached hydrogens (tertiary/aromatic N) is 1. The minimum atomic E-state index is -1.50. The van der Waals surface area contributed by atoms with E-state index in [4.69, 9.17) is 5.73 Å². The third-order valence-electron chi connectivity index (χ3n) is 4.94. The Morgan fingerprint density at radius 1 is 0.962 bits per heavy atom. The van der Waals surface area contributed by atoms with Crippen LogP contribution in [0.15, 0.2) is 72.8 Å². The average molecular weight is 344 g/mol. The highest BCUT2D eigenvalue weighted by Crippen LogP contribution is 2.43. The maximum Gasteiger partial charge on any atom is 0.257 e. The number of anilines is 1. The van der Waals surface area contributed by atoms with Gasteiger partial charge < -0.3 is 10.8 Å². The fourth-order valence-electron chi connectivity index (χ4n) is 3.50. The number of hydrogen-bond acceptors (Lipinski definition) is 3. The van der Waals surface area contributed by atoms with Gasteiger partial charge in [0, 0.05) is 28.9 Å². The quantitative estimate of drug-likeness (QED) is 0.716. The summed E-state index contributed by atoms with van der Waals surface area (Å²) in [5.74, 6) is -0.180. The highest BCUT2D eigenvalue weighted by atomic mass is 16.3. The van der Waals surface area contributed by atoms with Crippen LogP contribution in [-0.2, 0) is 12.3 Å². The second kappa shape index (κ2) is 6.00. The van der Waals surface area contributed by atoms with Gasteiger partial charge in [-0.15, -0.1) is 0 Å². The number of fused-ring (bicyclic) bond motifs is 1. The number of hydrogen-bond donors (Lipinski definition) is 2. The molecule has 0 aromatic heterocycles. The van der Waals surface area contributed by atoms with Gasteiger partial charge in [0.2, 0.25) is 0 Å². The summed E-state index contributed by atoms with van der Waals surface area (Å²) in [6.07, 6.45) is 0. The highest BCUT2D eigenvalue weighted by Gasteiger charge is 2.49. The number of benzene rings is 3. The third kappa shape index (κ3) is 2.47. The van der Waals surface area contributed by atoms with Crippen LogP contribution in [0, 0.1) is 6.92 Å². The Kier molecular flexibility index (Phi) is 3.78. The monoisotopic (exact) mass is 344 g/mol. The fourth-order valence-corrected chi connectivity index (χ4v) is 3.50. The molecule has 4 heteroatoms. The van der Waals surface area contributed by atoms with E-state index in [-0.39, 0.29) is 12.5 Å². The number of aliphatic hydroxyl groups is 1. The molecular weight excluding hydrogens is 324 g/mol. The third-order valence-corrected chi connectivity index (χ3v) is 4.94. The highest BCUT2D eigenvalue weighted by molar-refractivity contribution is 6.00. The summed E-state index contributed by atoms with van der Waals surface area (Å²) in [5, 5.41) is 11.7. The molecule has 4 rings (SSSR count). The van der Waals surface area contributed by atoms with Gasteiger partial charge in [0.05, 0.1) is 0 Å². The first-order valence-corrected chi connectivity index (χ1v) is 8.55. The Bertz CT molecular complexity index is 964. The van der Waals surface area contributed by atoms with Crippen LogP contribution in [0.3, 0.4) is 0 Å². The number of aryl methyl sites for hydroxylation is 1. The predicted molar refractivity (Wildman–Crippen MR) is 101 cm³/mol. The van der Waals surface area contributed by atoms with Gasteiger partial charge in [-0.25, -0.2) is 0 Å². The van der Waals surface area contributed by atoms with Crippen molar-refractivity contribution in [2.75, 3.05) is 5.73 Å². The fraction of sp³-hybridized carbons (Fsp3) is 0.136. The molecule has 26 heavy (non-hydrogen) atoms. The van der Waals surface area contributed by atoms with Crippen LogP contribution in [0.5, 0.6) is 0 Å². The van der Waals surface area contributed by atoms with E-state index in [1.54, 1.807) is 18.2 Å². The lowest BCUT2D eigenvalue weighted by molar-refractivity contribution is -0.0542. The lowest BCUT2D eigenvalue weighted by Gasteiger charge is -2.35. The molecule has 130 valence electrons. The van der Waals surface area contributed by atoms with Crippen LogP contribution in [0.1, 0.15) is 32.6 Å². The first-order chi connectivity index (χ1) is 12.5. The van der Waals surface area contributed by atoms with Gasteiger partial charge in [0.15, 0.2) is 5.72 Å². The standard InChI is InChI=1S/C22H20N2O2/c1-15-6-10-17(11-7-15)22(26)20-5-3-2-4-19(20)21(25)24(22)14-16-8-12-18(23)13-9-16/h2-13,26H,14,23H2,1H3. The zero-order chi connectivity index (χ0) is 18.3. The van der Waals surface area contributed by atoms with Crippen molar-refractivity contribution in [1.82, 2.24) is 4.90 Å². The Morgan fingerprint density at radius 3 is 2.31 bits per heavy atom. The molecule has 1 amide bonds. The second-order valence-corrected chi connectivity index (χ2v) is 6.72. The molecule has 4 nitrogen and oxygen atoms in total. The maximum atomic E-state index is 13.1. The topological polar surface area (TPSA) is 66.6 Å². The van der Waals surface area contributed by atoms with E-state index < -0.39 is 5.72 Å². The van der Waals surface area contributed by atoms with E-state index >= 15 is 0 Å². The van der Waals surface area contributed by atoms with Gasteiger partial charge in [0.1, 0.15) is 0 Å². The van der Waals surface area contributed by atoms with E-state index in [1.807, 2.05) is 61.5 Å². The minimum Gasteiger partial charge on any atom is -0.399 e. The van der Waals surface area contributed by atoms with Crippen LogP contribution < -0.4 is 5.73 Å². The SMILES string of the molecule is Cc1ccc(C2(O)c3ccccc3C(=O)N2Cc2ccc(N)cc2)cc1. The molecule has 0 saturated carbocycles. The van der Waals surface area contributed by atoms with Gasteiger partial charge in [-0.2, -0.15) is 0 Å². The van der Waals surface area contributed by atoms with Crippen LogP contribution >= 0.6 is 0 Å². The largest absolute Gasteiger partial charge is 0.399 e. The molecule has 1 heterocycles. The molecular formula is C22H20N2O2. The van der Waals surface area contributed by atoms with Crippen molar-refractivity contribution in [3.8, 4) is 0 Å². The van der Waals surface area contributed by atoms with Crippen molar-refractivity contribution >= 4 is 11.6 Å². The Hall–Kier alpha value is -3.11. The molecule has 0 saturated heterocycles. The van der Waals surface area contributed by atoms with Gasteiger partial charge in [-0.05, 0) is 30.7 Å². The minimum absolute atomic E-state index is 0.180. The number of rotatable bonds is 3. The molecule has 0 radical (unpaired) electrons. The van der Waals surface area contributed by atoms with E-state index in [0.717, 1.165) is 11.1 Å². The van der Waals surface area contributed by atoms with Crippen LogP contribution in [0.4, 0.5) is 5.69 Å². The first-order valence-electron chi connectivity index (χ1n) is 8.55. The van der Waals surface area contributed by atoms with Crippen molar-refractivity contribution in [2.45, 2.75) is 19.2 Å². The molecule has 3 N–H and O–H groups in total. The van der Waals surface area contributed by atoms with E-state index in [2.05, 4.69) is 0 Å². The summed E-state index contributed by atoms with van der Waals surface area (Å²) in [7, 11) is 0. The van der Waals surface area contributed by atoms with Crippen LogP contribution in [-0.4, -0.2) is 15.9 Å². The summed E-state index contributed by atoms with van der Waals surface area (Å²) in [6, 6.07) is 22.2. The summed E-state index contributed by atoms with van der Waals surface area (Å²) >= 11 is 0. The lowest BCUT2D eigenvalue weighted by Crippen LogP contribution is -2.44. The van der Waals surface area contributed by atoms with E-state index in [9.17, 15) is 9.90 Å². The molecule has 0 spiro atoms. The van der Waals surface area contributed by atoms with Gasteiger partial charge >= 0.3 is 0 Å². The zero-order valence-corrected chi connectivity index (χ0v) is 14.5. The van der Waals surface area contributed by atoms with Crippen molar-refractivity contribution in [3.63, 3.8) is 0 Å². The molecule has 0 bridgehead atoms. The van der Waals surface area contributed by atoms with Gasteiger partial charge in [-0.3, -0.25) is 9.69 Å². The molecule has 1 aliphatic rings. The van der Waals surface area contributed by atoms with Crippen molar-refractivity contribution < 1.29 is 9.90 Å². The van der Waals surface area contributed by atoms with Crippen LogP contribution in [0.25, 0.3) is 0 Å². The molecule has 3 aromatic rings. The predicted octanol–water partition coefficient (Wildman–Crippen LogP) is 3.43. The normalized spacial score (nSPS) is 18.8. The van der Waals surface area contributed by atoms with Crippen molar-refractivity contribution in [2.24, 2.45) is 0 Å². The molecule has 0 fully saturated rings. The molecule has 3 aromatic carbocycles. The number of carbonyl (C=O) groups is 1. The summed E-state index contributed by atoms with van der Waals surface area (Å²) in [5.41, 5.74) is 8.76. The average Bonchev–Trinajstić information content (AvgIpc) is 2.87. The number of carbonyl (C=O) groups excluding carboxylic acids is 1. The molecule has 1 unspecified atom stereocenters. The summed E-state index contributed by atoms with van der Waals surface area (Å²) < 4.78 is 0. The number of nitrogen functional groups attached to an aromatic ring is 1. The first kappa shape index (κ1) is 16.4. The van der Waals surface area contributed by atoms with Crippen molar-refractivity contribution in [1.29, 1.82) is 0 Å². The van der Waals surface area contributed by atoms with Gasteiger partial charge in [0.25, 0.3) is 5.91 Å². The van der Waals surface area contributed by atoms with E-state index in [0.29, 0.717) is 22.4 Å².